The van der Waals surface area contributed by atoms with E-state index in [1.807, 2.05) is 18.2 Å². The lowest BCUT2D eigenvalue weighted by Gasteiger charge is -2.40. The third-order valence-electron chi connectivity index (χ3n) is 7.19. The minimum absolute atomic E-state index is 0.271. The molecule has 6 nitrogen and oxygen atoms in total. The number of benzene rings is 2. The summed E-state index contributed by atoms with van der Waals surface area (Å²) in [6, 6.07) is 15.5. The highest BCUT2D eigenvalue weighted by molar-refractivity contribution is 6.73. The van der Waals surface area contributed by atoms with E-state index in [2.05, 4.69) is 45.0 Å². The van der Waals surface area contributed by atoms with Gasteiger partial charge < -0.3 is 28.1 Å². The van der Waals surface area contributed by atoms with Gasteiger partial charge in [0.05, 0.1) is 13.2 Å². The summed E-state index contributed by atoms with van der Waals surface area (Å²) in [7, 11) is -1.93. The molecule has 0 bridgehead atoms. The minimum atomic E-state index is -1.93. The van der Waals surface area contributed by atoms with Crippen molar-refractivity contribution in [3.05, 3.63) is 53.1 Å². The van der Waals surface area contributed by atoms with Crippen LogP contribution < -0.4 is 18.9 Å². The van der Waals surface area contributed by atoms with Crippen molar-refractivity contribution < 1.29 is 28.1 Å². The predicted molar refractivity (Wildman–Crippen MR) is 129 cm³/mol. The largest absolute Gasteiger partial charge is 0.454 e. The third kappa shape index (κ3) is 4.25. The van der Waals surface area contributed by atoms with Crippen molar-refractivity contribution in [3.63, 3.8) is 0 Å². The molecule has 0 spiro atoms. The van der Waals surface area contributed by atoms with Gasteiger partial charge in [-0.3, -0.25) is 0 Å². The molecule has 0 radical (unpaired) electrons. The van der Waals surface area contributed by atoms with Crippen LogP contribution in [0.4, 0.5) is 0 Å². The zero-order valence-corrected chi connectivity index (χ0v) is 20.6. The van der Waals surface area contributed by atoms with Crippen molar-refractivity contribution in [2.24, 2.45) is 0 Å². The van der Waals surface area contributed by atoms with E-state index >= 15 is 0 Å². The first kappa shape index (κ1) is 22.3. The summed E-state index contributed by atoms with van der Waals surface area (Å²) in [5, 5.41) is 0. The van der Waals surface area contributed by atoms with E-state index in [9.17, 15) is 0 Å². The first-order valence-electron chi connectivity index (χ1n) is 11.9. The van der Waals surface area contributed by atoms with Gasteiger partial charge in [-0.15, -0.1) is 0 Å². The van der Waals surface area contributed by atoms with Crippen LogP contribution in [0.1, 0.15) is 31.9 Å². The molecule has 0 amide bonds. The summed E-state index contributed by atoms with van der Waals surface area (Å²) in [4.78, 5) is 0. The number of hydrogen-bond donors (Lipinski definition) is 0. The Morgan fingerprint density at radius 1 is 0.848 bits per heavy atom. The molecule has 3 aliphatic heterocycles. The number of rotatable bonds is 8. The Bertz CT molecular complexity index is 1040. The average Bonchev–Trinajstić information content (AvgIpc) is 3.58. The quantitative estimate of drug-likeness (QED) is 0.473. The van der Waals surface area contributed by atoms with E-state index in [0.29, 0.717) is 13.2 Å². The van der Waals surface area contributed by atoms with E-state index in [-0.39, 0.29) is 13.6 Å². The van der Waals surface area contributed by atoms with Gasteiger partial charge in [0.2, 0.25) is 13.6 Å². The minimum Gasteiger partial charge on any atom is -0.454 e. The van der Waals surface area contributed by atoms with Gasteiger partial charge in [-0.1, -0.05) is 39.0 Å². The molecular formula is C26H32O6Si. The molecule has 0 aliphatic carbocycles. The van der Waals surface area contributed by atoms with Crippen molar-refractivity contribution in [1.29, 1.82) is 0 Å². The van der Waals surface area contributed by atoms with Crippen molar-refractivity contribution in [3.8, 4) is 23.0 Å². The first-order valence-corrected chi connectivity index (χ1v) is 14.4. The maximum absolute atomic E-state index is 7.25. The molecule has 1 saturated heterocycles. The molecule has 0 aromatic heterocycles. The molecule has 2 aromatic carbocycles. The maximum atomic E-state index is 7.25. The SMILES string of the molecule is CC[Si](CC)(CC)O[C@@]1(Cc2ccc3c(c2)OCO3)COC/C1=C\c1ccc2c(c1)OCO2. The lowest BCUT2D eigenvalue weighted by atomic mass is 9.88. The Morgan fingerprint density at radius 3 is 2.18 bits per heavy atom. The third-order valence-corrected chi connectivity index (χ3v) is 11.9. The summed E-state index contributed by atoms with van der Waals surface area (Å²) >= 11 is 0. The summed E-state index contributed by atoms with van der Waals surface area (Å²) < 4.78 is 35.6. The Balaban J connectivity index is 1.53. The fourth-order valence-corrected chi connectivity index (χ4v) is 8.01. The van der Waals surface area contributed by atoms with Crippen molar-refractivity contribution in [2.45, 2.75) is 50.9 Å². The highest BCUT2D eigenvalue weighted by atomic mass is 28.4. The summed E-state index contributed by atoms with van der Waals surface area (Å²) in [5.41, 5.74) is 2.90. The second-order valence-corrected chi connectivity index (χ2v) is 13.7. The van der Waals surface area contributed by atoms with Gasteiger partial charge >= 0.3 is 0 Å². The van der Waals surface area contributed by atoms with E-state index in [0.717, 1.165) is 58.7 Å². The van der Waals surface area contributed by atoms with Crippen molar-refractivity contribution in [1.82, 2.24) is 0 Å². The molecule has 0 N–H and O–H groups in total. The lowest BCUT2D eigenvalue weighted by molar-refractivity contribution is 0.0546. The van der Waals surface area contributed by atoms with Crippen molar-refractivity contribution in [2.75, 3.05) is 26.8 Å². The normalized spacial score (nSPS) is 22.3. The van der Waals surface area contributed by atoms with Gasteiger partial charge in [-0.05, 0) is 59.1 Å². The average molecular weight is 469 g/mol. The Morgan fingerprint density at radius 2 is 1.48 bits per heavy atom. The van der Waals surface area contributed by atoms with Gasteiger partial charge in [0.1, 0.15) is 5.60 Å². The molecule has 3 heterocycles. The Labute approximate surface area is 196 Å². The summed E-state index contributed by atoms with van der Waals surface area (Å²) in [6.07, 6.45) is 2.94. The molecule has 1 atom stereocenters. The van der Waals surface area contributed by atoms with Crippen LogP contribution in [0, 0.1) is 0 Å². The van der Waals surface area contributed by atoms with Crippen LogP contribution in [0.25, 0.3) is 6.08 Å². The summed E-state index contributed by atoms with van der Waals surface area (Å²) in [5.74, 6) is 3.17. The Kier molecular flexibility index (Phi) is 6.12. The molecule has 176 valence electrons. The maximum Gasteiger partial charge on any atom is 0.231 e. The van der Waals surface area contributed by atoms with Gasteiger partial charge in [-0.25, -0.2) is 0 Å². The standard InChI is InChI=1S/C26H32O6Si/c1-4-33(5-2,6-3)32-26(14-20-8-10-23-25(13-20)31-18-29-23)16-27-15-21(26)11-19-7-9-22-24(12-19)30-17-28-22/h7-13H,4-6,14-18H2,1-3H3/b21-11+/t26-/m0/s1. The van der Waals surface area contributed by atoms with Crippen LogP contribution in [0.2, 0.25) is 18.1 Å². The molecule has 33 heavy (non-hydrogen) atoms. The smallest absolute Gasteiger partial charge is 0.231 e. The zero-order chi connectivity index (χ0) is 22.9. The highest BCUT2D eigenvalue weighted by Crippen LogP contribution is 2.42. The number of fused-ring (bicyclic) bond motifs is 2. The predicted octanol–water partition coefficient (Wildman–Crippen LogP) is 5.56. The molecule has 1 fully saturated rings. The van der Waals surface area contributed by atoms with Crippen LogP contribution >= 0.6 is 0 Å². The van der Waals surface area contributed by atoms with E-state index in [1.54, 1.807) is 0 Å². The van der Waals surface area contributed by atoms with Gasteiger partial charge in [0, 0.05) is 6.42 Å². The van der Waals surface area contributed by atoms with Crippen LogP contribution in [0.15, 0.2) is 42.0 Å². The monoisotopic (exact) mass is 468 g/mol. The van der Waals surface area contributed by atoms with Crippen molar-refractivity contribution >= 4 is 14.4 Å². The number of ether oxygens (including phenoxy) is 5. The Hall–Kier alpha value is -2.48. The zero-order valence-electron chi connectivity index (χ0n) is 19.6. The first-order chi connectivity index (χ1) is 16.1. The van der Waals surface area contributed by atoms with E-state index in [1.165, 1.54) is 5.57 Å². The second-order valence-electron chi connectivity index (χ2n) is 8.98. The van der Waals surface area contributed by atoms with Crippen LogP contribution in [0.3, 0.4) is 0 Å². The topological polar surface area (TPSA) is 55.4 Å². The fraction of sp³-hybridized carbons (Fsp3) is 0.462. The highest BCUT2D eigenvalue weighted by Gasteiger charge is 2.47. The lowest BCUT2D eigenvalue weighted by Crippen LogP contribution is -2.50. The van der Waals surface area contributed by atoms with Gasteiger partial charge in [0.25, 0.3) is 0 Å². The van der Waals surface area contributed by atoms with Crippen LogP contribution in [0.5, 0.6) is 23.0 Å². The molecule has 2 aromatic rings. The molecule has 3 aliphatic rings. The molecule has 7 heteroatoms. The van der Waals surface area contributed by atoms with Gasteiger partial charge in [-0.2, -0.15) is 0 Å². The van der Waals surface area contributed by atoms with E-state index < -0.39 is 13.9 Å². The fourth-order valence-electron chi connectivity index (χ4n) is 4.98. The summed E-state index contributed by atoms with van der Waals surface area (Å²) in [6.45, 7) is 8.45. The molecular weight excluding hydrogens is 436 g/mol. The van der Waals surface area contributed by atoms with Gasteiger partial charge in [0.15, 0.2) is 31.3 Å². The van der Waals surface area contributed by atoms with E-state index in [4.69, 9.17) is 28.1 Å². The van der Waals surface area contributed by atoms with Crippen LogP contribution in [-0.2, 0) is 15.6 Å². The molecule has 5 rings (SSSR count). The number of hydrogen-bond acceptors (Lipinski definition) is 6. The molecule has 0 unspecified atom stereocenters. The van der Waals surface area contributed by atoms with Crippen LogP contribution in [-0.4, -0.2) is 40.7 Å². The molecule has 0 saturated carbocycles. The second kappa shape index (κ2) is 9.04.